The maximum absolute atomic E-state index is 5.00. The first-order valence-corrected chi connectivity index (χ1v) is 4.74. The molecule has 2 nitrogen and oxygen atoms in total. The summed E-state index contributed by atoms with van der Waals surface area (Å²) in [5.74, 6) is 0. The van der Waals surface area contributed by atoms with Crippen LogP contribution in [0.4, 0.5) is 0 Å². The molecule has 1 N–H and O–H groups in total. The number of hydrogen-bond donors (Lipinski definition) is 1. The maximum atomic E-state index is 5.00. The van der Waals surface area contributed by atoms with E-state index in [1.165, 1.54) is 11.5 Å². The molecule has 0 radical (unpaired) electrons. The number of nitrogens with zero attached hydrogens (tertiary/aromatic N) is 1. The molecule has 0 fully saturated rings. The molecule has 0 spiro atoms. The van der Waals surface area contributed by atoms with Crippen molar-refractivity contribution in [2.24, 2.45) is 0 Å². The van der Waals surface area contributed by atoms with Gasteiger partial charge in [-0.1, -0.05) is 35.1 Å². The fourth-order valence-electron chi connectivity index (χ4n) is 0.968. The standard InChI is InChI=1S/C8H6N2S2/c11-8-6-10(9-12-8)7-4-2-1-3-5-7/h1-6H/p+1. The third-order valence-electron chi connectivity index (χ3n) is 1.51. The van der Waals surface area contributed by atoms with Gasteiger partial charge in [0, 0.05) is 23.7 Å². The third-order valence-corrected chi connectivity index (χ3v) is 2.46. The molecule has 0 aliphatic carbocycles. The number of aromatic nitrogens is 2. The molecule has 0 aliphatic rings. The Bertz CT molecular complexity index is 416. The van der Waals surface area contributed by atoms with Gasteiger partial charge in [-0.15, -0.1) is 4.49 Å². The smallest absolute Gasteiger partial charge is 0.110 e. The molecule has 2 rings (SSSR count). The quantitative estimate of drug-likeness (QED) is 0.545. The average molecular weight is 195 g/mol. The third kappa shape index (κ3) is 1.44. The van der Waals surface area contributed by atoms with Gasteiger partial charge in [-0.3, -0.25) is 0 Å². The van der Waals surface area contributed by atoms with Crippen LogP contribution in [0.15, 0.2) is 36.5 Å². The van der Waals surface area contributed by atoms with E-state index in [2.05, 4.69) is 4.49 Å². The molecule has 1 heterocycles. The van der Waals surface area contributed by atoms with Gasteiger partial charge >= 0.3 is 0 Å². The lowest BCUT2D eigenvalue weighted by Crippen LogP contribution is -2.30. The van der Waals surface area contributed by atoms with Crippen molar-refractivity contribution < 1.29 is 4.68 Å². The second-order valence-electron chi connectivity index (χ2n) is 2.35. The van der Waals surface area contributed by atoms with Crippen LogP contribution in [0.2, 0.25) is 0 Å². The predicted octanol–water partition coefficient (Wildman–Crippen LogP) is 2.08. The minimum atomic E-state index is 0.860. The van der Waals surface area contributed by atoms with E-state index in [0.29, 0.717) is 0 Å². The number of aromatic amines is 1. The first kappa shape index (κ1) is 7.64. The van der Waals surface area contributed by atoms with Crippen LogP contribution in [0, 0.1) is 3.82 Å². The van der Waals surface area contributed by atoms with Gasteiger partial charge < -0.3 is 0 Å². The average Bonchev–Trinajstić information content (AvgIpc) is 2.54. The lowest BCUT2D eigenvalue weighted by atomic mass is 10.3. The van der Waals surface area contributed by atoms with Gasteiger partial charge in [0.05, 0.1) is 0 Å². The van der Waals surface area contributed by atoms with Gasteiger partial charge in [0.2, 0.25) is 11.9 Å². The molecule has 60 valence electrons. The zero-order valence-electron chi connectivity index (χ0n) is 6.23. The Morgan fingerprint density at radius 1 is 1.25 bits per heavy atom. The summed E-state index contributed by atoms with van der Waals surface area (Å²) in [6.45, 7) is 0. The summed E-state index contributed by atoms with van der Waals surface area (Å²) in [7, 11) is 0. The number of benzene rings is 1. The van der Waals surface area contributed by atoms with Crippen molar-refractivity contribution in [2.45, 2.75) is 0 Å². The molecule has 1 aromatic carbocycles. The van der Waals surface area contributed by atoms with Crippen LogP contribution in [0.1, 0.15) is 0 Å². The fraction of sp³-hybridized carbons (Fsp3) is 0. The van der Waals surface area contributed by atoms with E-state index in [1.807, 2.05) is 41.2 Å². The minimum absolute atomic E-state index is 0.860. The van der Waals surface area contributed by atoms with Crippen molar-refractivity contribution in [3.8, 4) is 5.69 Å². The summed E-state index contributed by atoms with van der Waals surface area (Å²) in [4.78, 5) is 0. The van der Waals surface area contributed by atoms with Crippen LogP contribution in [-0.4, -0.2) is 4.49 Å². The van der Waals surface area contributed by atoms with Gasteiger partial charge in [-0.05, 0) is 0 Å². The molecule has 0 saturated carbocycles. The lowest BCUT2D eigenvalue weighted by Gasteiger charge is -1.86. The summed E-state index contributed by atoms with van der Waals surface area (Å²) < 4.78 is 5.85. The van der Waals surface area contributed by atoms with Gasteiger partial charge in [0.1, 0.15) is 0 Å². The molecule has 1 aromatic heterocycles. The van der Waals surface area contributed by atoms with Crippen molar-refractivity contribution in [2.75, 3.05) is 0 Å². The Balaban J connectivity index is 2.51. The zero-order valence-corrected chi connectivity index (χ0v) is 7.86. The summed E-state index contributed by atoms with van der Waals surface area (Å²) in [6.07, 6.45) is 1.90. The number of para-hydroxylation sites is 1. The SMILES string of the molecule is S=c1c[n+](-c2ccccc2)[nH]s1. The Morgan fingerprint density at radius 2 is 2.00 bits per heavy atom. The monoisotopic (exact) mass is 195 g/mol. The van der Waals surface area contributed by atoms with Crippen molar-refractivity contribution >= 4 is 23.8 Å². The normalized spacial score (nSPS) is 10.0. The Hall–Kier alpha value is -1.00. The zero-order chi connectivity index (χ0) is 8.39. The van der Waals surface area contributed by atoms with Crippen molar-refractivity contribution in [1.29, 1.82) is 0 Å². The number of H-pyrrole nitrogens is 1. The second-order valence-corrected chi connectivity index (χ2v) is 3.87. The molecular formula is C8H7N2S2+. The van der Waals surface area contributed by atoms with E-state index in [0.717, 1.165) is 9.51 Å². The first-order chi connectivity index (χ1) is 5.86. The molecular weight excluding hydrogens is 188 g/mol. The molecule has 0 bridgehead atoms. The number of nitrogens with one attached hydrogen (secondary N) is 1. The summed E-state index contributed by atoms with van der Waals surface area (Å²) in [6, 6.07) is 10.0. The Kier molecular flexibility index (Phi) is 2.01. The topological polar surface area (TPSA) is 19.7 Å². The Labute approximate surface area is 79.2 Å². The molecule has 0 amide bonds. The number of rotatable bonds is 1. The molecule has 0 unspecified atom stereocenters. The van der Waals surface area contributed by atoms with E-state index in [9.17, 15) is 0 Å². The number of hydrogen-bond acceptors (Lipinski definition) is 2. The van der Waals surface area contributed by atoms with Crippen LogP contribution in [0.3, 0.4) is 0 Å². The van der Waals surface area contributed by atoms with Crippen molar-refractivity contribution in [3.63, 3.8) is 0 Å². The molecule has 2 aromatic rings. The fourth-order valence-corrected chi connectivity index (χ4v) is 1.69. The van der Waals surface area contributed by atoms with Gasteiger partial charge in [0.25, 0.3) is 0 Å². The highest BCUT2D eigenvalue weighted by Gasteiger charge is 2.04. The summed E-state index contributed by atoms with van der Waals surface area (Å²) in [5, 5.41) is 0. The van der Waals surface area contributed by atoms with Crippen LogP contribution >= 0.6 is 23.8 Å². The van der Waals surface area contributed by atoms with E-state index in [1.54, 1.807) is 0 Å². The highest BCUT2D eigenvalue weighted by Crippen LogP contribution is 1.98. The van der Waals surface area contributed by atoms with Crippen LogP contribution in [0.25, 0.3) is 5.69 Å². The highest BCUT2D eigenvalue weighted by atomic mass is 32.2. The van der Waals surface area contributed by atoms with Crippen LogP contribution in [-0.2, 0) is 0 Å². The molecule has 0 atom stereocenters. The largest absolute Gasteiger partial charge is 0.236 e. The predicted molar refractivity (Wildman–Crippen MR) is 51.0 cm³/mol. The summed E-state index contributed by atoms with van der Waals surface area (Å²) in [5.41, 5.74) is 1.10. The lowest BCUT2D eigenvalue weighted by molar-refractivity contribution is -0.651. The molecule has 4 heteroatoms. The summed E-state index contributed by atoms with van der Waals surface area (Å²) >= 11 is 6.45. The van der Waals surface area contributed by atoms with Gasteiger partial charge in [-0.25, -0.2) is 0 Å². The molecule has 0 saturated heterocycles. The minimum Gasteiger partial charge on any atom is -0.110 e. The van der Waals surface area contributed by atoms with Crippen LogP contribution < -0.4 is 4.68 Å². The van der Waals surface area contributed by atoms with Crippen LogP contribution in [0.5, 0.6) is 0 Å². The van der Waals surface area contributed by atoms with E-state index in [4.69, 9.17) is 12.2 Å². The first-order valence-electron chi connectivity index (χ1n) is 3.52. The van der Waals surface area contributed by atoms with Crippen molar-refractivity contribution in [1.82, 2.24) is 4.49 Å². The highest BCUT2D eigenvalue weighted by molar-refractivity contribution is 7.73. The van der Waals surface area contributed by atoms with E-state index < -0.39 is 0 Å². The molecule has 12 heavy (non-hydrogen) atoms. The second kappa shape index (κ2) is 3.16. The maximum Gasteiger partial charge on any atom is 0.236 e. The van der Waals surface area contributed by atoms with Gasteiger partial charge in [0.15, 0.2) is 3.82 Å². The molecule has 0 aliphatic heterocycles. The van der Waals surface area contributed by atoms with E-state index in [-0.39, 0.29) is 0 Å². The Morgan fingerprint density at radius 3 is 2.58 bits per heavy atom. The van der Waals surface area contributed by atoms with Gasteiger partial charge in [-0.2, -0.15) is 0 Å². The van der Waals surface area contributed by atoms with E-state index >= 15 is 0 Å². The van der Waals surface area contributed by atoms with Crippen molar-refractivity contribution in [3.05, 3.63) is 40.4 Å².